The third-order valence-electron chi connectivity index (χ3n) is 2.28. The van der Waals surface area contributed by atoms with E-state index in [9.17, 15) is 9.18 Å². The van der Waals surface area contributed by atoms with Crippen molar-refractivity contribution in [2.75, 3.05) is 5.32 Å². The van der Waals surface area contributed by atoms with E-state index < -0.39 is 17.6 Å². The van der Waals surface area contributed by atoms with Crippen molar-refractivity contribution < 1.29 is 9.18 Å². The molecule has 0 aromatic heterocycles. The van der Waals surface area contributed by atoms with Crippen LogP contribution in [0.4, 0.5) is 10.1 Å². The molecule has 0 radical (unpaired) electrons. The predicted molar refractivity (Wildman–Crippen MR) is 64.0 cm³/mol. The molecule has 0 bridgehead atoms. The number of nitrogens with one attached hydrogen (secondary N) is 1. The van der Waals surface area contributed by atoms with Crippen LogP contribution in [0.15, 0.2) is 18.2 Å². The fourth-order valence-corrected chi connectivity index (χ4v) is 1.42. The van der Waals surface area contributed by atoms with Crippen molar-refractivity contribution in [3.63, 3.8) is 0 Å². The zero-order valence-electron chi connectivity index (χ0n) is 9.50. The van der Waals surface area contributed by atoms with Crippen LogP contribution in [0.25, 0.3) is 0 Å². The largest absolute Gasteiger partial charge is 0.325 e. The zero-order chi connectivity index (χ0) is 13.0. The lowest BCUT2D eigenvalue weighted by Gasteiger charge is -2.13. The molecule has 90 valence electrons. The topological polar surface area (TPSA) is 52.9 Å². The number of nitriles is 1. The van der Waals surface area contributed by atoms with E-state index in [1.165, 1.54) is 12.1 Å². The Hall–Kier alpha value is -1.60. The average molecular weight is 255 g/mol. The lowest BCUT2D eigenvalue weighted by Crippen LogP contribution is -2.25. The van der Waals surface area contributed by atoms with Crippen molar-refractivity contribution in [2.45, 2.75) is 13.8 Å². The molecule has 1 atom stereocenters. The monoisotopic (exact) mass is 254 g/mol. The number of anilines is 1. The number of nitrogens with zero attached hydrogens (tertiary/aromatic N) is 1. The number of hydrogen-bond donors (Lipinski definition) is 1. The summed E-state index contributed by atoms with van der Waals surface area (Å²) in [5, 5.41) is 11.3. The minimum atomic E-state index is -0.756. The number of carbonyl (C=O) groups is 1. The van der Waals surface area contributed by atoms with Gasteiger partial charge in [0.15, 0.2) is 0 Å². The summed E-state index contributed by atoms with van der Waals surface area (Å²) in [5.74, 6) is -1.90. The molecule has 3 nitrogen and oxygen atoms in total. The molecule has 0 saturated carbocycles. The highest BCUT2D eigenvalue weighted by molar-refractivity contribution is 6.30. The van der Waals surface area contributed by atoms with Crippen molar-refractivity contribution in [3.8, 4) is 6.07 Å². The molecule has 0 aliphatic heterocycles. The first-order valence-corrected chi connectivity index (χ1v) is 5.49. The number of benzene rings is 1. The Balaban J connectivity index is 2.81. The van der Waals surface area contributed by atoms with Gasteiger partial charge in [-0.3, -0.25) is 4.79 Å². The summed E-state index contributed by atoms with van der Waals surface area (Å²) in [4.78, 5) is 11.7. The molecular weight excluding hydrogens is 243 g/mol. The van der Waals surface area contributed by atoms with E-state index in [2.05, 4.69) is 5.32 Å². The van der Waals surface area contributed by atoms with Crippen LogP contribution in [0, 0.1) is 29.0 Å². The van der Waals surface area contributed by atoms with Gasteiger partial charge in [-0.05, 0) is 24.1 Å². The van der Waals surface area contributed by atoms with Gasteiger partial charge in [-0.2, -0.15) is 5.26 Å². The second kappa shape index (κ2) is 5.65. The van der Waals surface area contributed by atoms with E-state index in [0.29, 0.717) is 0 Å². The van der Waals surface area contributed by atoms with Crippen LogP contribution in [-0.2, 0) is 4.79 Å². The molecule has 0 heterocycles. The molecule has 1 aromatic rings. The molecule has 1 rings (SSSR count). The van der Waals surface area contributed by atoms with E-state index in [4.69, 9.17) is 16.9 Å². The molecule has 1 unspecified atom stereocenters. The highest BCUT2D eigenvalue weighted by Gasteiger charge is 2.21. The smallest absolute Gasteiger partial charge is 0.241 e. The lowest BCUT2D eigenvalue weighted by molar-refractivity contribution is -0.119. The molecule has 1 aromatic carbocycles. The standard InChI is InChI=1S/C12H12ClFN2O/c1-7(2)9(6-15)12(17)16-8-3-4-10(13)11(14)5-8/h3-5,7,9H,1-2H3,(H,16,17). The minimum absolute atomic E-state index is 0.0105. The van der Waals surface area contributed by atoms with Crippen LogP contribution in [0.2, 0.25) is 5.02 Å². The van der Waals surface area contributed by atoms with Crippen LogP contribution in [-0.4, -0.2) is 5.91 Å². The molecule has 1 amide bonds. The molecule has 0 aliphatic carbocycles. The van der Waals surface area contributed by atoms with Gasteiger partial charge in [0, 0.05) is 5.69 Å². The van der Waals surface area contributed by atoms with Crippen molar-refractivity contribution >= 4 is 23.2 Å². The van der Waals surface area contributed by atoms with Crippen molar-refractivity contribution in [1.82, 2.24) is 0 Å². The lowest BCUT2D eigenvalue weighted by atomic mass is 9.96. The van der Waals surface area contributed by atoms with Gasteiger partial charge in [0.2, 0.25) is 5.91 Å². The van der Waals surface area contributed by atoms with Gasteiger partial charge < -0.3 is 5.32 Å². The van der Waals surface area contributed by atoms with Crippen molar-refractivity contribution in [1.29, 1.82) is 5.26 Å². The van der Waals surface area contributed by atoms with E-state index in [1.54, 1.807) is 13.8 Å². The number of rotatable bonds is 3. The van der Waals surface area contributed by atoms with Gasteiger partial charge in [-0.15, -0.1) is 0 Å². The van der Waals surface area contributed by atoms with Crippen LogP contribution in [0.3, 0.4) is 0 Å². The van der Waals surface area contributed by atoms with Gasteiger partial charge >= 0.3 is 0 Å². The molecular formula is C12H12ClFN2O. The fourth-order valence-electron chi connectivity index (χ4n) is 1.30. The summed E-state index contributed by atoms with van der Waals surface area (Å²) >= 11 is 5.52. The second-order valence-corrected chi connectivity index (χ2v) is 4.38. The molecule has 1 N–H and O–H groups in total. The summed E-state index contributed by atoms with van der Waals surface area (Å²) < 4.78 is 13.1. The predicted octanol–water partition coefficient (Wildman–Crippen LogP) is 3.21. The maximum Gasteiger partial charge on any atom is 0.241 e. The fraction of sp³-hybridized carbons (Fsp3) is 0.333. The van der Waals surface area contributed by atoms with Gasteiger partial charge in [0.1, 0.15) is 11.7 Å². The Bertz CT molecular complexity index is 468. The molecule has 0 spiro atoms. The quantitative estimate of drug-likeness (QED) is 0.900. The minimum Gasteiger partial charge on any atom is -0.325 e. The van der Waals surface area contributed by atoms with Crippen LogP contribution >= 0.6 is 11.6 Å². The Morgan fingerprint density at radius 3 is 2.65 bits per heavy atom. The second-order valence-electron chi connectivity index (χ2n) is 3.97. The van der Waals surface area contributed by atoms with E-state index in [-0.39, 0.29) is 16.6 Å². The van der Waals surface area contributed by atoms with Gasteiger partial charge in [-0.1, -0.05) is 25.4 Å². The normalized spacial score (nSPS) is 12.0. The Kier molecular flexibility index (Phi) is 4.47. The number of amides is 1. The first kappa shape index (κ1) is 13.5. The number of carbonyl (C=O) groups excluding carboxylic acids is 1. The summed E-state index contributed by atoms with van der Waals surface area (Å²) in [7, 11) is 0. The SMILES string of the molecule is CC(C)C(C#N)C(=O)Nc1ccc(Cl)c(F)c1. The van der Waals surface area contributed by atoms with E-state index in [1.807, 2.05) is 6.07 Å². The first-order chi connectivity index (χ1) is 7.95. The summed E-state index contributed by atoms with van der Waals surface area (Å²) in [6, 6.07) is 5.87. The molecule has 0 fully saturated rings. The van der Waals surface area contributed by atoms with Crippen LogP contribution in [0.5, 0.6) is 0 Å². The highest BCUT2D eigenvalue weighted by atomic mass is 35.5. The van der Waals surface area contributed by atoms with Crippen molar-refractivity contribution in [3.05, 3.63) is 29.0 Å². The Morgan fingerprint density at radius 2 is 2.18 bits per heavy atom. The van der Waals surface area contributed by atoms with E-state index >= 15 is 0 Å². The summed E-state index contributed by atoms with van der Waals surface area (Å²) in [6.45, 7) is 3.55. The summed E-state index contributed by atoms with van der Waals surface area (Å²) in [5.41, 5.74) is 0.290. The zero-order valence-corrected chi connectivity index (χ0v) is 10.3. The number of halogens is 2. The maximum atomic E-state index is 13.1. The van der Waals surface area contributed by atoms with Gasteiger partial charge in [-0.25, -0.2) is 4.39 Å². The first-order valence-electron chi connectivity index (χ1n) is 5.11. The van der Waals surface area contributed by atoms with Crippen LogP contribution < -0.4 is 5.32 Å². The molecule has 5 heteroatoms. The van der Waals surface area contributed by atoms with E-state index in [0.717, 1.165) is 6.07 Å². The average Bonchev–Trinajstić information content (AvgIpc) is 2.24. The van der Waals surface area contributed by atoms with Crippen LogP contribution in [0.1, 0.15) is 13.8 Å². The van der Waals surface area contributed by atoms with Gasteiger partial charge in [0.05, 0.1) is 11.1 Å². The maximum absolute atomic E-state index is 13.1. The van der Waals surface area contributed by atoms with Crippen molar-refractivity contribution in [2.24, 2.45) is 11.8 Å². The molecule has 0 aliphatic rings. The summed E-state index contributed by atoms with van der Waals surface area (Å²) in [6.07, 6.45) is 0. The highest BCUT2D eigenvalue weighted by Crippen LogP contribution is 2.20. The number of hydrogen-bond acceptors (Lipinski definition) is 2. The molecule has 17 heavy (non-hydrogen) atoms. The Labute approximate surface area is 104 Å². The third kappa shape index (κ3) is 3.43. The van der Waals surface area contributed by atoms with Gasteiger partial charge in [0.25, 0.3) is 0 Å². The third-order valence-corrected chi connectivity index (χ3v) is 2.58. The Morgan fingerprint density at radius 1 is 1.53 bits per heavy atom. The molecule has 0 saturated heterocycles.